The lowest BCUT2D eigenvalue weighted by Crippen LogP contribution is -2.43. The Labute approximate surface area is 174 Å². The lowest BCUT2D eigenvalue weighted by Gasteiger charge is -2.10. The average molecular weight is 403 g/mol. The highest BCUT2D eigenvalue weighted by atomic mass is 16.5. The Kier molecular flexibility index (Phi) is 6.78. The molecule has 0 spiro atoms. The third-order valence-electron chi connectivity index (χ3n) is 4.12. The molecule has 3 N–H and O–H groups in total. The van der Waals surface area contributed by atoms with E-state index in [0.717, 1.165) is 5.56 Å². The van der Waals surface area contributed by atoms with E-state index in [4.69, 9.17) is 4.74 Å². The third kappa shape index (κ3) is 5.93. The monoisotopic (exact) mass is 403 g/mol. The molecule has 0 saturated heterocycles. The highest BCUT2D eigenvalue weighted by Gasteiger charge is 2.09. The Morgan fingerprint density at radius 1 is 0.767 bits per heavy atom. The van der Waals surface area contributed by atoms with Gasteiger partial charge >= 0.3 is 0 Å². The molecule has 3 rings (SSSR count). The van der Waals surface area contributed by atoms with E-state index in [2.05, 4.69) is 16.2 Å². The second kappa shape index (κ2) is 9.88. The summed E-state index contributed by atoms with van der Waals surface area (Å²) in [6, 6.07) is 22.4. The quantitative estimate of drug-likeness (QED) is 0.551. The van der Waals surface area contributed by atoms with Crippen LogP contribution in [0.5, 0.6) is 5.75 Å². The zero-order valence-corrected chi connectivity index (χ0v) is 16.3. The Bertz CT molecular complexity index is 1030. The predicted molar refractivity (Wildman–Crippen MR) is 113 cm³/mol. The van der Waals surface area contributed by atoms with Crippen LogP contribution in [0.4, 0.5) is 5.69 Å². The fourth-order valence-electron chi connectivity index (χ4n) is 2.59. The van der Waals surface area contributed by atoms with Crippen LogP contribution in [0.25, 0.3) is 0 Å². The van der Waals surface area contributed by atoms with E-state index in [1.807, 2.05) is 31.2 Å². The van der Waals surface area contributed by atoms with Gasteiger partial charge in [-0.15, -0.1) is 0 Å². The molecule has 3 aromatic carbocycles. The summed E-state index contributed by atoms with van der Waals surface area (Å²) in [4.78, 5) is 36.2. The van der Waals surface area contributed by atoms with E-state index in [9.17, 15) is 14.4 Å². The van der Waals surface area contributed by atoms with Gasteiger partial charge in [0.05, 0.1) is 0 Å². The Hall–Kier alpha value is -4.13. The molecule has 7 heteroatoms. The molecule has 30 heavy (non-hydrogen) atoms. The number of carbonyl (C=O) groups excluding carboxylic acids is 3. The molecular formula is C23H21N3O4. The van der Waals surface area contributed by atoms with Gasteiger partial charge in [-0.05, 0) is 61.0 Å². The summed E-state index contributed by atoms with van der Waals surface area (Å²) in [5.74, 6) is -0.644. The van der Waals surface area contributed by atoms with Crippen molar-refractivity contribution in [3.8, 4) is 5.75 Å². The van der Waals surface area contributed by atoms with E-state index in [1.165, 1.54) is 0 Å². The molecule has 0 aromatic heterocycles. The van der Waals surface area contributed by atoms with Crippen molar-refractivity contribution in [1.29, 1.82) is 0 Å². The molecule has 152 valence electrons. The SMILES string of the molecule is Cc1cccc(OCC(=O)NNC(=O)c2ccc(NC(=O)c3ccccc3)cc2)c1. The van der Waals surface area contributed by atoms with Crippen molar-refractivity contribution in [1.82, 2.24) is 10.9 Å². The van der Waals surface area contributed by atoms with E-state index < -0.39 is 11.8 Å². The molecule has 0 heterocycles. The van der Waals surface area contributed by atoms with Crippen molar-refractivity contribution >= 4 is 23.4 Å². The zero-order chi connectivity index (χ0) is 21.3. The van der Waals surface area contributed by atoms with Gasteiger partial charge in [-0.3, -0.25) is 25.2 Å². The molecule has 0 atom stereocenters. The van der Waals surface area contributed by atoms with Gasteiger partial charge in [0.25, 0.3) is 17.7 Å². The first kappa shape index (κ1) is 20.6. The van der Waals surface area contributed by atoms with Crippen LogP contribution in [0.15, 0.2) is 78.9 Å². The Balaban J connectivity index is 1.46. The van der Waals surface area contributed by atoms with Crippen molar-refractivity contribution in [3.63, 3.8) is 0 Å². The summed E-state index contributed by atoms with van der Waals surface area (Å²) in [7, 11) is 0. The van der Waals surface area contributed by atoms with Crippen molar-refractivity contribution in [3.05, 3.63) is 95.6 Å². The third-order valence-corrected chi connectivity index (χ3v) is 4.12. The van der Waals surface area contributed by atoms with Crippen LogP contribution >= 0.6 is 0 Å². The molecule has 0 radical (unpaired) electrons. The number of ether oxygens (including phenoxy) is 1. The number of rotatable bonds is 6. The van der Waals surface area contributed by atoms with Crippen molar-refractivity contribution in [2.45, 2.75) is 6.92 Å². The fourth-order valence-corrected chi connectivity index (χ4v) is 2.59. The van der Waals surface area contributed by atoms with Crippen molar-refractivity contribution < 1.29 is 19.1 Å². The highest BCUT2D eigenvalue weighted by molar-refractivity contribution is 6.04. The van der Waals surface area contributed by atoms with E-state index in [1.54, 1.807) is 54.6 Å². The molecular weight excluding hydrogens is 382 g/mol. The number of benzene rings is 3. The van der Waals surface area contributed by atoms with E-state index in [-0.39, 0.29) is 12.5 Å². The largest absolute Gasteiger partial charge is 0.484 e. The second-order valence-corrected chi connectivity index (χ2v) is 6.50. The Morgan fingerprint density at radius 2 is 1.47 bits per heavy atom. The summed E-state index contributed by atoms with van der Waals surface area (Å²) in [6.45, 7) is 1.69. The number of aryl methyl sites for hydroxylation is 1. The van der Waals surface area contributed by atoms with Gasteiger partial charge in [0, 0.05) is 16.8 Å². The molecule has 0 bridgehead atoms. The molecule has 0 fully saturated rings. The summed E-state index contributed by atoms with van der Waals surface area (Å²) >= 11 is 0. The second-order valence-electron chi connectivity index (χ2n) is 6.50. The standard InChI is InChI=1S/C23H21N3O4/c1-16-6-5-9-20(14-16)30-15-21(27)25-26-23(29)18-10-12-19(13-11-18)24-22(28)17-7-3-2-4-8-17/h2-14H,15H2,1H3,(H,24,28)(H,25,27)(H,26,29). The predicted octanol–water partition coefficient (Wildman–Crippen LogP) is 3.09. The van der Waals surface area contributed by atoms with Crippen LogP contribution in [0.3, 0.4) is 0 Å². The number of anilines is 1. The average Bonchev–Trinajstić information content (AvgIpc) is 2.77. The molecule has 0 aliphatic heterocycles. The van der Waals surface area contributed by atoms with Gasteiger partial charge in [-0.2, -0.15) is 0 Å². The molecule has 3 aromatic rings. The Morgan fingerprint density at radius 3 is 2.17 bits per heavy atom. The van der Waals surface area contributed by atoms with E-state index >= 15 is 0 Å². The summed E-state index contributed by atoms with van der Waals surface area (Å²) in [5, 5.41) is 2.75. The van der Waals surface area contributed by atoms with Gasteiger partial charge in [0.1, 0.15) is 5.75 Å². The number of hydrazine groups is 1. The van der Waals surface area contributed by atoms with Crippen LogP contribution in [0.2, 0.25) is 0 Å². The molecule has 0 aliphatic carbocycles. The number of nitrogens with one attached hydrogen (secondary N) is 3. The minimum Gasteiger partial charge on any atom is -0.484 e. The number of amides is 3. The normalized spacial score (nSPS) is 10.0. The maximum Gasteiger partial charge on any atom is 0.276 e. The first-order valence-electron chi connectivity index (χ1n) is 9.26. The van der Waals surface area contributed by atoms with Crippen molar-refractivity contribution in [2.24, 2.45) is 0 Å². The van der Waals surface area contributed by atoms with Crippen LogP contribution in [-0.4, -0.2) is 24.3 Å². The van der Waals surface area contributed by atoms with Crippen LogP contribution in [0.1, 0.15) is 26.3 Å². The maximum atomic E-state index is 12.2. The van der Waals surface area contributed by atoms with Crippen LogP contribution in [0, 0.1) is 6.92 Å². The van der Waals surface area contributed by atoms with Gasteiger partial charge in [0.15, 0.2) is 6.61 Å². The van der Waals surface area contributed by atoms with Crippen LogP contribution < -0.4 is 20.9 Å². The van der Waals surface area contributed by atoms with Gasteiger partial charge in [-0.1, -0.05) is 30.3 Å². The maximum absolute atomic E-state index is 12.2. The molecule has 3 amide bonds. The van der Waals surface area contributed by atoms with E-state index in [0.29, 0.717) is 22.6 Å². The van der Waals surface area contributed by atoms with Gasteiger partial charge in [-0.25, -0.2) is 0 Å². The minimum absolute atomic E-state index is 0.228. The molecule has 7 nitrogen and oxygen atoms in total. The molecule has 0 saturated carbocycles. The first-order chi connectivity index (χ1) is 14.5. The molecule has 0 aliphatic rings. The summed E-state index contributed by atoms with van der Waals surface area (Å²) in [6.07, 6.45) is 0. The number of hydrogen-bond acceptors (Lipinski definition) is 4. The lowest BCUT2D eigenvalue weighted by atomic mass is 10.1. The summed E-state index contributed by atoms with van der Waals surface area (Å²) < 4.78 is 5.37. The lowest BCUT2D eigenvalue weighted by molar-refractivity contribution is -0.123. The number of carbonyl (C=O) groups is 3. The van der Waals surface area contributed by atoms with Crippen LogP contribution in [-0.2, 0) is 4.79 Å². The smallest absolute Gasteiger partial charge is 0.276 e. The minimum atomic E-state index is -0.489. The zero-order valence-electron chi connectivity index (χ0n) is 16.3. The van der Waals surface area contributed by atoms with Gasteiger partial charge < -0.3 is 10.1 Å². The fraction of sp³-hybridized carbons (Fsp3) is 0.0870. The molecule has 0 unspecified atom stereocenters. The first-order valence-corrected chi connectivity index (χ1v) is 9.26. The van der Waals surface area contributed by atoms with Gasteiger partial charge in [0.2, 0.25) is 0 Å². The topological polar surface area (TPSA) is 96.5 Å². The summed E-state index contributed by atoms with van der Waals surface area (Å²) in [5.41, 5.74) is 7.06. The number of hydrogen-bond donors (Lipinski definition) is 3. The van der Waals surface area contributed by atoms with Crippen molar-refractivity contribution in [2.75, 3.05) is 11.9 Å². The highest BCUT2D eigenvalue weighted by Crippen LogP contribution is 2.12.